The summed E-state index contributed by atoms with van der Waals surface area (Å²) in [6.07, 6.45) is 14.0. The van der Waals surface area contributed by atoms with Crippen LogP contribution in [0.3, 0.4) is 0 Å². The zero-order valence-electron chi connectivity index (χ0n) is 22.7. The fourth-order valence-corrected chi connectivity index (χ4v) is 6.37. The number of aliphatic carboxylic acids is 2. The van der Waals surface area contributed by atoms with Gasteiger partial charge in [0, 0.05) is 0 Å². The summed E-state index contributed by atoms with van der Waals surface area (Å²) >= 11 is 0. The summed E-state index contributed by atoms with van der Waals surface area (Å²) < 4.78 is 0. The third kappa shape index (κ3) is 9.03. The zero-order chi connectivity index (χ0) is 26.2. The van der Waals surface area contributed by atoms with Gasteiger partial charge in [-0.05, 0) is 116 Å². The summed E-state index contributed by atoms with van der Waals surface area (Å²) in [5.74, 6) is -0.0559. The van der Waals surface area contributed by atoms with E-state index in [2.05, 4.69) is 0 Å². The van der Waals surface area contributed by atoms with Gasteiger partial charge in [-0.2, -0.15) is 0 Å². The van der Waals surface area contributed by atoms with Crippen molar-refractivity contribution in [3.05, 3.63) is 0 Å². The van der Waals surface area contributed by atoms with Crippen molar-refractivity contribution in [1.82, 2.24) is 0 Å². The first-order valence-electron chi connectivity index (χ1n) is 14.2. The Morgan fingerprint density at radius 1 is 0.571 bits per heavy atom. The molecular formula is C29H52O6. The van der Waals surface area contributed by atoms with Crippen molar-refractivity contribution in [1.29, 1.82) is 0 Å². The summed E-state index contributed by atoms with van der Waals surface area (Å²) in [6, 6.07) is 0. The van der Waals surface area contributed by atoms with Crippen LogP contribution in [-0.2, 0) is 9.59 Å². The van der Waals surface area contributed by atoms with Gasteiger partial charge in [0.2, 0.25) is 0 Å². The molecule has 35 heavy (non-hydrogen) atoms. The van der Waals surface area contributed by atoms with E-state index in [9.17, 15) is 30.0 Å². The number of rotatable bonds is 16. The number of carbonyl (C=O) groups is 2. The highest BCUT2D eigenvalue weighted by Crippen LogP contribution is 2.41. The van der Waals surface area contributed by atoms with Crippen LogP contribution in [-0.4, -0.2) is 44.6 Å². The van der Waals surface area contributed by atoms with Crippen molar-refractivity contribution in [2.24, 2.45) is 34.5 Å². The highest BCUT2D eigenvalue weighted by molar-refractivity contribution is 5.73. The molecule has 2 rings (SSSR count). The smallest absolute Gasteiger partial charge is 0.309 e. The fourth-order valence-electron chi connectivity index (χ4n) is 6.37. The lowest BCUT2D eigenvalue weighted by atomic mass is 9.85. The molecule has 0 aromatic carbocycles. The van der Waals surface area contributed by atoms with E-state index in [1.165, 1.54) is 0 Å². The number of carboxylic acid groups (broad SMARTS) is 2. The number of carboxylic acids is 2. The molecule has 2 aliphatic rings. The van der Waals surface area contributed by atoms with Crippen molar-refractivity contribution >= 4 is 11.9 Å². The Morgan fingerprint density at radius 3 is 1.14 bits per heavy atom. The van der Waals surface area contributed by atoms with Gasteiger partial charge in [0.05, 0.1) is 23.0 Å². The molecule has 4 N–H and O–H groups in total. The van der Waals surface area contributed by atoms with Crippen LogP contribution >= 0.6 is 0 Å². The second-order valence-corrected chi connectivity index (χ2v) is 13.0. The van der Waals surface area contributed by atoms with Gasteiger partial charge in [-0.3, -0.25) is 9.59 Å². The van der Waals surface area contributed by atoms with Gasteiger partial charge in [-0.1, -0.05) is 32.1 Å². The van der Waals surface area contributed by atoms with Gasteiger partial charge in [-0.15, -0.1) is 0 Å². The van der Waals surface area contributed by atoms with Crippen molar-refractivity contribution in [2.45, 2.75) is 136 Å². The Balaban J connectivity index is 1.60. The summed E-state index contributed by atoms with van der Waals surface area (Å²) in [5, 5.41) is 40.1. The quantitative estimate of drug-likeness (QED) is 0.187. The predicted molar refractivity (Wildman–Crippen MR) is 138 cm³/mol. The van der Waals surface area contributed by atoms with Gasteiger partial charge in [0.25, 0.3) is 0 Å². The van der Waals surface area contributed by atoms with Gasteiger partial charge in [0.15, 0.2) is 0 Å². The first-order valence-corrected chi connectivity index (χ1v) is 14.2. The Labute approximate surface area is 212 Å². The van der Waals surface area contributed by atoms with E-state index in [0.29, 0.717) is 36.5 Å². The fraction of sp³-hybridized carbons (Fsp3) is 0.931. The minimum absolute atomic E-state index is 0.237. The molecule has 2 aliphatic carbocycles. The van der Waals surface area contributed by atoms with Crippen LogP contribution in [0.4, 0.5) is 0 Å². The molecule has 0 aromatic heterocycles. The minimum atomic E-state index is -0.739. The number of hydrogen-bond donors (Lipinski definition) is 4. The maximum atomic E-state index is 11.2. The van der Waals surface area contributed by atoms with Crippen LogP contribution in [0, 0.1) is 34.5 Å². The molecule has 0 spiro atoms. The van der Waals surface area contributed by atoms with Crippen LogP contribution < -0.4 is 0 Å². The molecule has 6 heteroatoms. The molecule has 6 nitrogen and oxygen atoms in total. The van der Waals surface area contributed by atoms with Gasteiger partial charge in [-0.25, -0.2) is 0 Å². The average molecular weight is 497 g/mol. The average Bonchev–Trinajstić information content (AvgIpc) is 3.31. The second-order valence-electron chi connectivity index (χ2n) is 13.0. The third-order valence-corrected chi connectivity index (χ3v) is 9.31. The number of aliphatic hydroxyl groups excluding tert-OH is 2. The molecule has 0 aliphatic heterocycles. The topological polar surface area (TPSA) is 115 Å². The standard InChI is InChI=1S/C29H52O6/c1-28(2,26(32)33)18-7-5-10-20-14-16-22(24(20)30)12-9-13-23-17-15-21(25(23)31)11-6-8-19-29(3,4)27(34)35/h20-25,30-31H,5-19H2,1-4H3,(H,32,33)(H,34,35). The van der Waals surface area contributed by atoms with Gasteiger partial charge >= 0.3 is 11.9 Å². The molecule has 204 valence electrons. The van der Waals surface area contributed by atoms with Crippen molar-refractivity contribution in [2.75, 3.05) is 0 Å². The lowest BCUT2D eigenvalue weighted by Crippen LogP contribution is -2.24. The number of hydrogen-bond acceptors (Lipinski definition) is 4. The minimum Gasteiger partial charge on any atom is -0.481 e. The van der Waals surface area contributed by atoms with Crippen LogP contribution in [0.2, 0.25) is 0 Å². The summed E-state index contributed by atoms with van der Waals surface area (Å²) in [5.41, 5.74) is -1.34. The van der Waals surface area contributed by atoms with Crippen molar-refractivity contribution in [3.63, 3.8) is 0 Å². The molecular weight excluding hydrogens is 444 g/mol. The van der Waals surface area contributed by atoms with Crippen LogP contribution in [0.15, 0.2) is 0 Å². The van der Waals surface area contributed by atoms with E-state index in [1.54, 1.807) is 27.7 Å². The van der Waals surface area contributed by atoms with E-state index in [4.69, 9.17) is 0 Å². The Bertz CT molecular complexity index is 616. The lowest BCUT2D eigenvalue weighted by molar-refractivity contribution is -0.148. The van der Waals surface area contributed by atoms with Gasteiger partial charge < -0.3 is 20.4 Å². The van der Waals surface area contributed by atoms with E-state index in [0.717, 1.165) is 83.5 Å². The van der Waals surface area contributed by atoms with Gasteiger partial charge in [0.1, 0.15) is 0 Å². The molecule has 2 saturated carbocycles. The molecule has 6 unspecified atom stereocenters. The molecule has 0 radical (unpaired) electrons. The molecule has 0 bridgehead atoms. The predicted octanol–water partition coefficient (Wildman–Crippen LogP) is 6.27. The summed E-state index contributed by atoms with van der Waals surface area (Å²) in [7, 11) is 0. The normalized spacial score (nSPS) is 29.5. The number of unbranched alkanes of at least 4 members (excludes halogenated alkanes) is 2. The Kier molecular flexibility index (Phi) is 11.5. The molecule has 0 amide bonds. The van der Waals surface area contributed by atoms with E-state index in [-0.39, 0.29) is 12.2 Å². The maximum absolute atomic E-state index is 11.2. The largest absolute Gasteiger partial charge is 0.481 e. The van der Waals surface area contributed by atoms with E-state index in [1.807, 2.05) is 0 Å². The molecule has 0 saturated heterocycles. The lowest BCUT2D eigenvalue weighted by Gasteiger charge is -2.23. The second kappa shape index (κ2) is 13.4. The first-order chi connectivity index (χ1) is 16.3. The first kappa shape index (κ1) is 30.1. The SMILES string of the molecule is CC(C)(CCCCC1CCC(CCCC2CCC(CCCCC(C)(C)C(=O)O)C2O)C1O)C(=O)O. The Hall–Kier alpha value is -1.14. The van der Waals surface area contributed by atoms with E-state index >= 15 is 0 Å². The van der Waals surface area contributed by atoms with Crippen LogP contribution in [0.25, 0.3) is 0 Å². The number of aliphatic hydroxyl groups is 2. The van der Waals surface area contributed by atoms with Crippen molar-refractivity contribution < 1.29 is 30.0 Å². The molecule has 0 aromatic rings. The Morgan fingerprint density at radius 2 is 0.857 bits per heavy atom. The highest BCUT2D eigenvalue weighted by Gasteiger charge is 2.36. The highest BCUT2D eigenvalue weighted by atomic mass is 16.4. The molecule has 2 fully saturated rings. The van der Waals surface area contributed by atoms with Crippen LogP contribution in [0.5, 0.6) is 0 Å². The van der Waals surface area contributed by atoms with Crippen molar-refractivity contribution in [3.8, 4) is 0 Å². The molecule has 6 atom stereocenters. The summed E-state index contributed by atoms with van der Waals surface area (Å²) in [6.45, 7) is 7.12. The maximum Gasteiger partial charge on any atom is 0.309 e. The third-order valence-electron chi connectivity index (χ3n) is 9.31. The zero-order valence-corrected chi connectivity index (χ0v) is 22.7. The monoisotopic (exact) mass is 496 g/mol. The summed E-state index contributed by atoms with van der Waals surface area (Å²) in [4.78, 5) is 22.5. The molecule has 0 heterocycles. The van der Waals surface area contributed by atoms with E-state index < -0.39 is 22.8 Å². The van der Waals surface area contributed by atoms with Crippen LogP contribution in [0.1, 0.15) is 124 Å².